The van der Waals surface area contributed by atoms with Gasteiger partial charge in [-0.3, -0.25) is 10.1 Å². The SMILES string of the molecule is CC(CO)CSc1c(C(=O)O)cccc1[N+](=O)[O-]. The third kappa shape index (κ3) is 3.44. The molecule has 0 aliphatic rings. The van der Waals surface area contributed by atoms with Gasteiger partial charge < -0.3 is 10.2 Å². The van der Waals surface area contributed by atoms with Crippen molar-refractivity contribution < 1.29 is 19.9 Å². The van der Waals surface area contributed by atoms with Gasteiger partial charge in [-0.25, -0.2) is 4.79 Å². The first-order chi connectivity index (χ1) is 8.47. The number of rotatable bonds is 6. The highest BCUT2D eigenvalue weighted by atomic mass is 32.2. The van der Waals surface area contributed by atoms with Crippen LogP contribution in [0.2, 0.25) is 0 Å². The zero-order chi connectivity index (χ0) is 13.7. The quantitative estimate of drug-likeness (QED) is 0.466. The molecule has 0 saturated carbocycles. The number of aliphatic hydroxyl groups excluding tert-OH is 1. The van der Waals surface area contributed by atoms with Gasteiger partial charge in [0.15, 0.2) is 0 Å². The number of aliphatic hydroxyl groups is 1. The maximum Gasteiger partial charge on any atom is 0.337 e. The van der Waals surface area contributed by atoms with E-state index in [1.54, 1.807) is 6.92 Å². The number of aromatic carboxylic acids is 1. The molecule has 0 aliphatic heterocycles. The topological polar surface area (TPSA) is 101 Å². The number of carboxylic acid groups (broad SMARTS) is 1. The Hall–Kier alpha value is -1.60. The van der Waals surface area contributed by atoms with E-state index in [-0.39, 0.29) is 28.7 Å². The average molecular weight is 271 g/mol. The second-order valence-electron chi connectivity index (χ2n) is 3.81. The Labute approximate surface area is 108 Å². The normalized spacial score (nSPS) is 12.1. The number of nitro groups is 1. The van der Waals surface area contributed by atoms with Crippen LogP contribution in [0.5, 0.6) is 0 Å². The van der Waals surface area contributed by atoms with E-state index in [2.05, 4.69) is 0 Å². The van der Waals surface area contributed by atoms with Gasteiger partial charge in [-0.2, -0.15) is 0 Å². The fourth-order valence-corrected chi connectivity index (χ4v) is 2.42. The summed E-state index contributed by atoms with van der Waals surface area (Å²) in [5.74, 6) is -0.837. The number of nitro benzene ring substituents is 1. The van der Waals surface area contributed by atoms with Crippen LogP contribution in [0.3, 0.4) is 0 Å². The third-order valence-corrected chi connectivity index (χ3v) is 3.70. The lowest BCUT2D eigenvalue weighted by Gasteiger charge is -2.09. The van der Waals surface area contributed by atoms with Crippen LogP contribution in [0.15, 0.2) is 23.1 Å². The number of benzene rings is 1. The Morgan fingerprint density at radius 3 is 2.72 bits per heavy atom. The van der Waals surface area contributed by atoms with Crippen molar-refractivity contribution in [2.75, 3.05) is 12.4 Å². The number of carboxylic acids is 1. The molecule has 1 atom stereocenters. The van der Waals surface area contributed by atoms with Gasteiger partial charge >= 0.3 is 5.97 Å². The molecule has 0 bridgehead atoms. The van der Waals surface area contributed by atoms with E-state index < -0.39 is 10.9 Å². The van der Waals surface area contributed by atoms with Crippen molar-refractivity contribution in [1.82, 2.24) is 0 Å². The molecule has 1 rings (SSSR count). The fraction of sp³-hybridized carbons (Fsp3) is 0.364. The van der Waals surface area contributed by atoms with Crippen molar-refractivity contribution >= 4 is 23.4 Å². The monoisotopic (exact) mass is 271 g/mol. The zero-order valence-electron chi connectivity index (χ0n) is 9.70. The van der Waals surface area contributed by atoms with E-state index in [0.29, 0.717) is 5.75 Å². The smallest absolute Gasteiger partial charge is 0.337 e. The molecule has 0 heterocycles. The van der Waals surface area contributed by atoms with Gasteiger partial charge in [-0.15, -0.1) is 11.8 Å². The Balaban J connectivity index is 3.11. The van der Waals surface area contributed by atoms with Crippen LogP contribution in [0.1, 0.15) is 17.3 Å². The van der Waals surface area contributed by atoms with Crippen molar-refractivity contribution in [2.45, 2.75) is 11.8 Å². The number of thioether (sulfide) groups is 1. The number of carbonyl (C=O) groups is 1. The summed E-state index contributed by atoms with van der Waals surface area (Å²) in [6.45, 7) is 1.73. The third-order valence-electron chi connectivity index (χ3n) is 2.25. The summed E-state index contributed by atoms with van der Waals surface area (Å²) in [5.41, 5.74) is -0.302. The van der Waals surface area contributed by atoms with Crippen LogP contribution in [-0.2, 0) is 0 Å². The summed E-state index contributed by atoms with van der Waals surface area (Å²) in [7, 11) is 0. The van der Waals surface area contributed by atoms with Crippen LogP contribution in [0.4, 0.5) is 5.69 Å². The summed E-state index contributed by atoms with van der Waals surface area (Å²) >= 11 is 1.08. The minimum absolute atomic E-state index is 0.0456. The van der Waals surface area contributed by atoms with Crippen molar-refractivity contribution in [3.05, 3.63) is 33.9 Å². The van der Waals surface area contributed by atoms with Crippen LogP contribution in [0, 0.1) is 16.0 Å². The Kier molecular flexibility index (Phi) is 5.11. The van der Waals surface area contributed by atoms with Gasteiger partial charge in [0.1, 0.15) is 0 Å². The maximum absolute atomic E-state index is 11.0. The molecule has 7 heteroatoms. The highest BCUT2D eigenvalue weighted by Gasteiger charge is 2.22. The largest absolute Gasteiger partial charge is 0.478 e. The van der Waals surface area contributed by atoms with Crippen LogP contribution >= 0.6 is 11.8 Å². The molecular formula is C11H13NO5S. The van der Waals surface area contributed by atoms with Crippen molar-refractivity contribution in [3.8, 4) is 0 Å². The Morgan fingerprint density at radius 2 is 2.22 bits per heavy atom. The Morgan fingerprint density at radius 1 is 1.56 bits per heavy atom. The molecule has 6 nitrogen and oxygen atoms in total. The molecular weight excluding hydrogens is 258 g/mol. The van der Waals surface area contributed by atoms with Crippen LogP contribution in [-0.4, -0.2) is 33.5 Å². The van der Waals surface area contributed by atoms with Gasteiger partial charge in [0.25, 0.3) is 5.69 Å². The molecule has 1 unspecified atom stereocenters. The maximum atomic E-state index is 11.0. The van der Waals surface area contributed by atoms with Gasteiger partial charge in [-0.1, -0.05) is 13.0 Å². The molecule has 0 spiro atoms. The summed E-state index contributed by atoms with van der Waals surface area (Å²) in [6.07, 6.45) is 0. The highest BCUT2D eigenvalue weighted by molar-refractivity contribution is 7.99. The molecule has 0 aromatic heterocycles. The predicted octanol–water partition coefficient (Wildman–Crippen LogP) is 2.01. The van der Waals surface area contributed by atoms with E-state index >= 15 is 0 Å². The summed E-state index contributed by atoms with van der Waals surface area (Å²) in [6, 6.07) is 3.96. The van der Waals surface area contributed by atoms with E-state index in [1.165, 1.54) is 18.2 Å². The lowest BCUT2D eigenvalue weighted by Crippen LogP contribution is -2.06. The number of nitrogens with zero attached hydrogens (tertiary/aromatic N) is 1. The fourth-order valence-electron chi connectivity index (χ4n) is 1.27. The molecule has 18 heavy (non-hydrogen) atoms. The van der Waals surface area contributed by atoms with Gasteiger partial charge in [-0.05, 0) is 12.0 Å². The first-order valence-electron chi connectivity index (χ1n) is 5.21. The van der Waals surface area contributed by atoms with Crippen LogP contribution < -0.4 is 0 Å². The lowest BCUT2D eigenvalue weighted by molar-refractivity contribution is -0.387. The second kappa shape index (κ2) is 6.36. The predicted molar refractivity (Wildman–Crippen MR) is 67.0 cm³/mol. The molecule has 1 aromatic carbocycles. The van der Waals surface area contributed by atoms with Crippen molar-refractivity contribution in [3.63, 3.8) is 0 Å². The molecule has 2 N–H and O–H groups in total. The van der Waals surface area contributed by atoms with Crippen molar-refractivity contribution in [1.29, 1.82) is 0 Å². The average Bonchev–Trinajstić information content (AvgIpc) is 2.34. The first kappa shape index (κ1) is 14.5. The van der Waals surface area contributed by atoms with Gasteiger partial charge in [0.2, 0.25) is 0 Å². The first-order valence-corrected chi connectivity index (χ1v) is 6.20. The summed E-state index contributed by atoms with van der Waals surface area (Å²) in [4.78, 5) is 21.4. The summed E-state index contributed by atoms with van der Waals surface area (Å²) in [5, 5.41) is 28.8. The zero-order valence-corrected chi connectivity index (χ0v) is 10.5. The molecule has 0 aliphatic carbocycles. The lowest BCUT2D eigenvalue weighted by atomic mass is 10.2. The highest BCUT2D eigenvalue weighted by Crippen LogP contribution is 2.33. The molecule has 0 fully saturated rings. The van der Waals surface area contributed by atoms with Crippen LogP contribution in [0.25, 0.3) is 0 Å². The van der Waals surface area contributed by atoms with E-state index in [4.69, 9.17) is 10.2 Å². The number of hydrogen-bond acceptors (Lipinski definition) is 5. The molecule has 0 saturated heterocycles. The summed E-state index contributed by atoms with van der Waals surface area (Å²) < 4.78 is 0. The van der Waals surface area contributed by atoms with E-state index in [9.17, 15) is 14.9 Å². The molecule has 1 aromatic rings. The molecule has 0 radical (unpaired) electrons. The van der Waals surface area contributed by atoms with Crippen molar-refractivity contribution in [2.24, 2.45) is 5.92 Å². The van der Waals surface area contributed by atoms with Gasteiger partial charge in [0, 0.05) is 18.4 Å². The molecule has 0 amide bonds. The van der Waals surface area contributed by atoms with Gasteiger partial charge in [0.05, 0.1) is 15.4 Å². The van der Waals surface area contributed by atoms with E-state index in [1.807, 2.05) is 0 Å². The molecule has 98 valence electrons. The number of hydrogen-bond donors (Lipinski definition) is 2. The Bertz CT molecular complexity index is 430. The van der Waals surface area contributed by atoms with E-state index in [0.717, 1.165) is 11.8 Å². The minimum atomic E-state index is -1.20. The second-order valence-corrected chi connectivity index (χ2v) is 4.85. The minimum Gasteiger partial charge on any atom is -0.478 e. The standard InChI is InChI=1S/C11H13NO5S/c1-7(5-13)6-18-10-8(11(14)15)3-2-4-9(10)12(16)17/h2-4,7,13H,5-6H2,1H3,(H,14,15).